The Morgan fingerprint density at radius 2 is 1.72 bits per heavy atom. The molecule has 0 aliphatic rings. The quantitative estimate of drug-likeness (QED) is 0.669. The van der Waals surface area contributed by atoms with E-state index in [9.17, 15) is 9.90 Å². The lowest BCUT2D eigenvalue weighted by Crippen LogP contribution is -1.93. The number of carbonyl (C=O) groups excluding carboxylic acids is 1. The molecule has 0 heterocycles. The highest BCUT2D eigenvalue weighted by Gasteiger charge is 2.01. The van der Waals surface area contributed by atoms with Gasteiger partial charge in [-0.2, -0.15) is 0 Å². The van der Waals surface area contributed by atoms with Crippen molar-refractivity contribution in [2.24, 2.45) is 0 Å². The molecule has 0 aliphatic carbocycles. The van der Waals surface area contributed by atoms with Gasteiger partial charge in [0.2, 0.25) is 0 Å². The predicted molar refractivity (Wildman–Crippen MR) is 72.9 cm³/mol. The molecule has 0 saturated heterocycles. The van der Waals surface area contributed by atoms with E-state index in [1.165, 1.54) is 6.08 Å². The van der Waals surface area contributed by atoms with Gasteiger partial charge in [-0.15, -0.1) is 0 Å². The predicted octanol–water partition coefficient (Wildman–Crippen LogP) is 3.94. The number of allylic oxidation sites excluding steroid dienone is 1. The minimum atomic E-state index is -0.130. The van der Waals surface area contributed by atoms with E-state index in [1.807, 2.05) is 0 Å². The lowest BCUT2D eigenvalue weighted by molar-refractivity contribution is 0.104. The fourth-order valence-corrected chi connectivity index (χ4v) is 1.63. The van der Waals surface area contributed by atoms with Gasteiger partial charge in [0, 0.05) is 16.1 Å². The first kappa shape index (κ1) is 12.4. The Morgan fingerprint density at radius 3 is 2.39 bits per heavy atom. The number of para-hydroxylation sites is 1. The van der Waals surface area contributed by atoms with Gasteiger partial charge in [-0.05, 0) is 42.5 Å². The first-order valence-electron chi connectivity index (χ1n) is 5.43. The van der Waals surface area contributed by atoms with E-state index in [-0.39, 0.29) is 11.5 Å². The second-order valence-electron chi connectivity index (χ2n) is 3.76. The number of halogens is 1. The van der Waals surface area contributed by atoms with Crippen LogP contribution in [-0.4, -0.2) is 10.9 Å². The Bertz CT molecular complexity index is 586. The van der Waals surface area contributed by atoms with Gasteiger partial charge in [0.15, 0.2) is 5.78 Å². The second kappa shape index (κ2) is 5.52. The molecule has 0 spiro atoms. The zero-order valence-electron chi connectivity index (χ0n) is 9.51. The van der Waals surface area contributed by atoms with Crippen molar-refractivity contribution in [1.29, 1.82) is 0 Å². The van der Waals surface area contributed by atoms with Gasteiger partial charge in [-0.25, -0.2) is 0 Å². The minimum Gasteiger partial charge on any atom is -0.507 e. The third-order valence-corrected chi connectivity index (χ3v) is 2.73. The second-order valence-corrected chi connectivity index (χ2v) is 4.20. The van der Waals surface area contributed by atoms with Crippen molar-refractivity contribution in [1.82, 2.24) is 0 Å². The normalized spacial score (nSPS) is 10.7. The maximum atomic E-state index is 11.8. The number of benzene rings is 2. The standard InChI is InChI=1S/C15H11ClO2/c16-13-8-5-12(6-9-13)15(18)10-7-11-3-1-2-4-14(11)17/h1-10,17H/b10-7+. The van der Waals surface area contributed by atoms with Crippen molar-refractivity contribution in [3.05, 3.63) is 70.8 Å². The molecule has 0 fully saturated rings. The summed E-state index contributed by atoms with van der Waals surface area (Å²) in [5, 5.41) is 10.1. The van der Waals surface area contributed by atoms with Crippen LogP contribution < -0.4 is 0 Å². The molecular weight excluding hydrogens is 248 g/mol. The molecule has 0 saturated carbocycles. The Hall–Kier alpha value is -2.06. The van der Waals surface area contributed by atoms with E-state index in [2.05, 4.69) is 0 Å². The molecule has 0 aromatic heterocycles. The fraction of sp³-hybridized carbons (Fsp3) is 0. The summed E-state index contributed by atoms with van der Waals surface area (Å²) in [4.78, 5) is 11.8. The Labute approximate surface area is 110 Å². The SMILES string of the molecule is O=C(/C=C/c1ccccc1O)c1ccc(Cl)cc1. The molecule has 0 atom stereocenters. The van der Waals surface area contributed by atoms with E-state index in [0.29, 0.717) is 16.1 Å². The van der Waals surface area contributed by atoms with Crippen molar-refractivity contribution in [3.8, 4) is 5.75 Å². The zero-order valence-corrected chi connectivity index (χ0v) is 10.3. The third kappa shape index (κ3) is 2.99. The molecule has 18 heavy (non-hydrogen) atoms. The van der Waals surface area contributed by atoms with Gasteiger partial charge in [-0.1, -0.05) is 29.8 Å². The maximum absolute atomic E-state index is 11.8. The minimum absolute atomic E-state index is 0.130. The number of ketones is 1. The first-order valence-corrected chi connectivity index (χ1v) is 5.80. The summed E-state index contributed by atoms with van der Waals surface area (Å²) in [5.74, 6) is 0.0209. The van der Waals surface area contributed by atoms with Crippen molar-refractivity contribution < 1.29 is 9.90 Å². The molecule has 2 rings (SSSR count). The van der Waals surface area contributed by atoms with Crippen molar-refractivity contribution in [2.75, 3.05) is 0 Å². The van der Waals surface area contributed by atoms with E-state index in [0.717, 1.165) is 0 Å². The Kier molecular flexibility index (Phi) is 3.80. The lowest BCUT2D eigenvalue weighted by atomic mass is 10.1. The molecular formula is C15H11ClO2. The van der Waals surface area contributed by atoms with Crippen molar-refractivity contribution in [3.63, 3.8) is 0 Å². The first-order chi connectivity index (χ1) is 8.66. The van der Waals surface area contributed by atoms with E-state index >= 15 is 0 Å². The monoisotopic (exact) mass is 258 g/mol. The number of aromatic hydroxyl groups is 1. The summed E-state index contributed by atoms with van der Waals surface area (Å²) in [6, 6.07) is 13.5. The van der Waals surface area contributed by atoms with Crippen LogP contribution in [0, 0.1) is 0 Å². The summed E-state index contributed by atoms with van der Waals surface area (Å²) >= 11 is 5.75. The molecule has 90 valence electrons. The maximum Gasteiger partial charge on any atom is 0.185 e. The molecule has 0 amide bonds. The number of rotatable bonds is 3. The highest BCUT2D eigenvalue weighted by Crippen LogP contribution is 2.17. The topological polar surface area (TPSA) is 37.3 Å². The summed E-state index contributed by atoms with van der Waals surface area (Å²) in [5.41, 5.74) is 1.17. The van der Waals surface area contributed by atoms with Crippen LogP contribution >= 0.6 is 11.6 Å². The number of hydrogen-bond donors (Lipinski definition) is 1. The largest absolute Gasteiger partial charge is 0.507 e. The molecule has 2 aromatic rings. The fourth-order valence-electron chi connectivity index (χ4n) is 1.50. The Balaban J connectivity index is 2.17. The van der Waals surface area contributed by atoms with Gasteiger partial charge in [0.05, 0.1) is 0 Å². The zero-order chi connectivity index (χ0) is 13.0. The molecule has 0 bridgehead atoms. The van der Waals surface area contributed by atoms with Crippen LogP contribution in [0.1, 0.15) is 15.9 Å². The summed E-state index contributed by atoms with van der Waals surface area (Å²) in [6.45, 7) is 0. The van der Waals surface area contributed by atoms with Gasteiger partial charge >= 0.3 is 0 Å². The average Bonchev–Trinajstić information content (AvgIpc) is 2.38. The lowest BCUT2D eigenvalue weighted by Gasteiger charge is -1.98. The summed E-state index contributed by atoms with van der Waals surface area (Å²) < 4.78 is 0. The van der Waals surface area contributed by atoms with E-state index in [1.54, 1.807) is 54.6 Å². The number of carbonyl (C=O) groups is 1. The molecule has 2 aromatic carbocycles. The summed E-state index contributed by atoms with van der Waals surface area (Å²) in [6.07, 6.45) is 3.02. The molecule has 0 unspecified atom stereocenters. The van der Waals surface area contributed by atoms with Gasteiger partial charge in [-0.3, -0.25) is 4.79 Å². The Morgan fingerprint density at radius 1 is 1.06 bits per heavy atom. The molecule has 0 aliphatic heterocycles. The van der Waals surface area contributed by atoms with Crippen molar-refractivity contribution >= 4 is 23.5 Å². The van der Waals surface area contributed by atoms with Crippen molar-refractivity contribution in [2.45, 2.75) is 0 Å². The number of hydrogen-bond acceptors (Lipinski definition) is 2. The van der Waals surface area contributed by atoms with Gasteiger partial charge in [0.1, 0.15) is 5.75 Å². The van der Waals surface area contributed by atoms with Crippen LogP contribution in [0.5, 0.6) is 5.75 Å². The summed E-state index contributed by atoms with van der Waals surface area (Å²) in [7, 11) is 0. The third-order valence-electron chi connectivity index (χ3n) is 2.48. The van der Waals surface area contributed by atoms with Crippen LogP contribution in [0.25, 0.3) is 6.08 Å². The van der Waals surface area contributed by atoms with Crippen LogP contribution in [-0.2, 0) is 0 Å². The number of phenols is 1. The van der Waals surface area contributed by atoms with Crippen LogP contribution in [0.15, 0.2) is 54.6 Å². The van der Waals surface area contributed by atoms with Crippen LogP contribution in [0.4, 0.5) is 0 Å². The van der Waals surface area contributed by atoms with Gasteiger partial charge < -0.3 is 5.11 Å². The number of phenolic OH excluding ortho intramolecular Hbond substituents is 1. The van der Waals surface area contributed by atoms with Crippen LogP contribution in [0.2, 0.25) is 5.02 Å². The smallest absolute Gasteiger partial charge is 0.185 e. The van der Waals surface area contributed by atoms with Crippen LogP contribution in [0.3, 0.4) is 0 Å². The molecule has 1 N–H and O–H groups in total. The average molecular weight is 259 g/mol. The highest BCUT2D eigenvalue weighted by atomic mass is 35.5. The van der Waals surface area contributed by atoms with E-state index < -0.39 is 0 Å². The molecule has 3 heteroatoms. The molecule has 2 nitrogen and oxygen atoms in total. The van der Waals surface area contributed by atoms with Gasteiger partial charge in [0.25, 0.3) is 0 Å². The van der Waals surface area contributed by atoms with E-state index in [4.69, 9.17) is 11.6 Å². The molecule has 0 radical (unpaired) electrons. The highest BCUT2D eigenvalue weighted by molar-refractivity contribution is 6.30.